The normalized spacial score (nSPS) is 34.1. The lowest BCUT2D eigenvalue weighted by atomic mass is 10.0. The number of benzene rings is 1. The van der Waals surface area contributed by atoms with Crippen LogP contribution in [0, 0.1) is 17.2 Å². The summed E-state index contributed by atoms with van der Waals surface area (Å²) < 4.78 is 0. The Bertz CT molecular complexity index is 1110. The smallest absolute Gasteiger partial charge is 0.251 e. The van der Waals surface area contributed by atoms with Crippen LogP contribution in [0.1, 0.15) is 53.2 Å². The van der Waals surface area contributed by atoms with Gasteiger partial charge >= 0.3 is 0 Å². The molecule has 1 saturated carbocycles. The Morgan fingerprint density at radius 2 is 2.09 bits per heavy atom. The number of carbonyl (C=O) groups excluding carboxylic acids is 3. The second-order valence-electron chi connectivity index (χ2n) is 10.4. The summed E-state index contributed by atoms with van der Waals surface area (Å²) in [5.74, 6) is 0.319. The number of hydrogen-bond donors (Lipinski definition) is 2. The van der Waals surface area contributed by atoms with Crippen molar-refractivity contribution in [2.75, 3.05) is 20.1 Å². The van der Waals surface area contributed by atoms with Gasteiger partial charge in [-0.15, -0.1) is 0 Å². The van der Waals surface area contributed by atoms with Crippen LogP contribution >= 0.6 is 0 Å². The molecule has 3 amide bonds. The minimum Gasteiger partial charge on any atom is -0.355 e. The lowest BCUT2D eigenvalue weighted by Crippen LogP contribution is -2.57. The SMILES string of the molecule is CNC(=O)c1ccc2c(c1)CC[C@@H]2N1C(=O)[C@H]2C[C@@H]1CN2C[C@H](N)C(=O)N1[C@H](C#N)CC2C[C@@H]21. The summed E-state index contributed by atoms with van der Waals surface area (Å²) in [6.45, 7) is 1.07. The molecule has 2 aliphatic carbocycles. The Hall–Kier alpha value is -2.96. The van der Waals surface area contributed by atoms with Gasteiger partial charge in [-0.2, -0.15) is 5.26 Å². The quantitative estimate of drug-likeness (QED) is 0.643. The predicted molar refractivity (Wildman–Crippen MR) is 122 cm³/mol. The Kier molecular flexibility index (Phi) is 4.94. The van der Waals surface area contributed by atoms with Crippen molar-refractivity contribution >= 4 is 17.7 Å². The molecule has 3 aliphatic heterocycles. The van der Waals surface area contributed by atoms with E-state index in [4.69, 9.17) is 5.73 Å². The number of hydrogen-bond acceptors (Lipinski definition) is 6. The molecule has 178 valence electrons. The van der Waals surface area contributed by atoms with Gasteiger partial charge in [0.25, 0.3) is 5.91 Å². The Balaban J connectivity index is 1.12. The highest BCUT2D eigenvalue weighted by molar-refractivity contribution is 5.94. The summed E-state index contributed by atoms with van der Waals surface area (Å²) >= 11 is 0. The average molecular weight is 463 g/mol. The molecule has 0 aromatic heterocycles. The van der Waals surface area contributed by atoms with E-state index in [1.807, 2.05) is 23.1 Å². The topological polar surface area (TPSA) is 123 Å². The first-order valence-electron chi connectivity index (χ1n) is 12.3. The Labute approximate surface area is 198 Å². The van der Waals surface area contributed by atoms with E-state index in [2.05, 4.69) is 16.3 Å². The maximum absolute atomic E-state index is 13.4. The summed E-state index contributed by atoms with van der Waals surface area (Å²) in [5, 5.41) is 12.1. The summed E-state index contributed by atoms with van der Waals surface area (Å²) in [4.78, 5) is 44.2. The van der Waals surface area contributed by atoms with E-state index in [-0.39, 0.29) is 47.9 Å². The van der Waals surface area contributed by atoms with Gasteiger partial charge in [-0.05, 0) is 61.3 Å². The van der Waals surface area contributed by atoms with E-state index in [9.17, 15) is 19.6 Å². The van der Waals surface area contributed by atoms with E-state index in [0.717, 1.165) is 43.2 Å². The number of aryl methyl sites for hydroxylation is 1. The molecule has 1 aromatic carbocycles. The van der Waals surface area contributed by atoms with Crippen LogP contribution in [0.5, 0.6) is 0 Å². The Morgan fingerprint density at radius 3 is 2.82 bits per heavy atom. The first kappa shape index (κ1) is 21.6. The van der Waals surface area contributed by atoms with Crippen molar-refractivity contribution in [2.24, 2.45) is 11.7 Å². The lowest BCUT2D eigenvalue weighted by molar-refractivity contribution is -0.141. The molecule has 6 rings (SSSR count). The number of piperidine rings is 1. The van der Waals surface area contributed by atoms with E-state index < -0.39 is 6.04 Å². The van der Waals surface area contributed by atoms with Crippen molar-refractivity contribution < 1.29 is 14.4 Å². The first-order chi connectivity index (χ1) is 16.4. The molecule has 9 nitrogen and oxygen atoms in total. The van der Waals surface area contributed by atoms with Crippen LogP contribution in [0.2, 0.25) is 0 Å². The molecular formula is C25H30N6O3. The van der Waals surface area contributed by atoms with Crippen molar-refractivity contribution in [3.63, 3.8) is 0 Å². The summed E-state index contributed by atoms with van der Waals surface area (Å²) in [6, 6.07) is 7.05. The highest BCUT2D eigenvalue weighted by Gasteiger charge is 2.56. The number of nitrogens with one attached hydrogen (secondary N) is 1. The van der Waals surface area contributed by atoms with Gasteiger partial charge in [0.2, 0.25) is 11.8 Å². The summed E-state index contributed by atoms with van der Waals surface area (Å²) in [6.07, 6.45) is 4.22. The number of nitrogens with zero attached hydrogens (tertiary/aromatic N) is 4. The fraction of sp³-hybridized carbons (Fsp3) is 0.600. The molecule has 4 fully saturated rings. The van der Waals surface area contributed by atoms with Crippen LogP contribution < -0.4 is 11.1 Å². The average Bonchev–Trinajstić information content (AvgIpc) is 3.18. The van der Waals surface area contributed by atoms with Crippen molar-refractivity contribution in [3.05, 3.63) is 34.9 Å². The van der Waals surface area contributed by atoms with E-state index in [0.29, 0.717) is 24.6 Å². The van der Waals surface area contributed by atoms with E-state index >= 15 is 0 Å². The van der Waals surface area contributed by atoms with Crippen LogP contribution in [-0.2, 0) is 16.0 Å². The third-order valence-corrected chi connectivity index (χ3v) is 8.58. The van der Waals surface area contributed by atoms with Gasteiger partial charge in [-0.25, -0.2) is 0 Å². The molecular weight excluding hydrogens is 432 g/mol. The predicted octanol–water partition coefficient (Wildman–Crippen LogP) is 0.159. The van der Waals surface area contributed by atoms with Crippen LogP contribution in [-0.4, -0.2) is 82.8 Å². The zero-order chi connectivity index (χ0) is 23.7. The summed E-state index contributed by atoms with van der Waals surface area (Å²) in [5.41, 5.74) is 9.25. The Morgan fingerprint density at radius 1 is 1.26 bits per heavy atom. The van der Waals surface area contributed by atoms with Gasteiger partial charge in [0, 0.05) is 37.8 Å². The molecule has 9 heteroatoms. The fourth-order valence-electron chi connectivity index (χ4n) is 6.88. The maximum atomic E-state index is 13.4. The molecule has 5 aliphatic rings. The number of carbonyl (C=O) groups is 3. The number of amides is 3. The molecule has 34 heavy (non-hydrogen) atoms. The number of nitrogens with two attached hydrogens (primary N) is 1. The molecule has 0 spiro atoms. The van der Waals surface area contributed by atoms with Crippen LogP contribution in [0.15, 0.2) is 18.2 Å². The standard InChI is InChI=1S/C25H30N6O3/c1-28-23(32)14-2-4-18-13(6-14)3-5-20(18)31-17-9-22(25(31)34)29(11-17)12-19(27)24(33)30-16(10-26)7-15-8-21(15)30/h2,4,6,15-17,19-22H,3,5,7-9,11-12,27H2,1H3,(H,28,32)/t15?,16-,17+,19-,20-,21-,22+/m0/s1. The number of nitriles is 1. The molecule has 7 atom stereocenters. The monoisotopic (exact) mass is 462 g/mol. The number of likely N-dealkylation sites (tertiary alicyclic amines) is 3. The van der Waals surface area contributed by atoms with Crippen molar-refractivity contribution in [3.8, 4) is 6.07 Å². The van der Waals surface area contributed by atoms with E-state index in [1.54, 1.807) is 11.9 Å². The maximum Gasteiger partial charge on any atom is 0.251 e. The van der Waals surface area contributed by atoms with Gasteiger partial charge < -0.3 is 20.9 Å². The number of rotatable bonds is 5. The first-order valence-corrected chi connectivity index (χ1v) is 12.3. The van der Waals surface area contributed by atoms with Gasteiger partial charge in [-0.1, -0.05) is 6.07 Å². The summed E-state index contributed by atoms with van der Waals surface area (Å²) in [7, 11) is 1.62. The molecule has 2 bridgehead atoms. The molecule has 3 N–H and O–H groups in total. The third kappa shape index (κ3) is 3.16. The molecule has 3 heterocycles. The van der Waals surface area contributed by atoms with E-state index in [1.165, 1.54) is 0 Å². The number of piperazine rings is 1. The van der Waals surface area contributed by atoms with Crippen LogP contribution in [0.4, 0.5) is 0 Å². The molecule has 0 radical (unpaired) electrons. The van der Waals surface area contributed by atoms with Crippen LogP contribution in [0.3, 0.4) is 0 Å². The minimum atomic E-state index is -0.717. The minimum absolute atomic E-state index is 0.0430. The van der Waals surface area contributed by atoms with Crippen molar-refractivity contribution in [1.82, 2.24) is 20.0 Å². The molecule has 1 unspecified atom stereocenters. The van der Waals surface area contributed by atoms with Gasteiger partial charge in [-0.3, -0.25) is 19.3 Å². The van der Waals surface area contributed by atoms with Gasteiger partial charge in [0.05, 0.1) is 24.2 Å². The molecule has 1 aromatic rings. The third-order valence-electron chi connectivity index (χ3n) is 8.58. The fourth-order valence-corrected chi connectivity index (χ4v) is 6.88. The van der Waals surface area contributed by atoms with Gasteiger partial charge in [0.1, 0.15) is 6.04 Å². The van der Waals surface area contributed by atoms with Crippen molar-refractivity contribution in [1.29, 1.82) is 5.26 Å². The largest absolute Gasteiger partial charge is 0.355 e. The highest BCUT2D eigenvalue weighted by atomic mass is 16.2. The zero-order valence-corrected chi connectivity index (χ0v) is 19.3. The zero-order valence-electron chi connectivity index (χ0n) is 19.3. The molecule has 3 saturated heterocycles. The second-order valence-corrected chi connectivity index (χ2v) is 10.4. The lowest BCUT2D eigenvalue weighted by Gasteiger charge is -2.38. The van der Waals surface area contributed by atoms with Gasteiger partial charge in [0.15, 0.2) is 0 Å². The second kappa shape index (κ2) is 7.79. The number of fused-ring (bicyclic) bond motifs is 4. The van der Waals surface area contributed by atoms with Crippen molar-refractivity contribution in [2.45, 2.75) is 68.4 Å². The van der Waals surface area contributed by atoms with Crippen LogP contribution in [0.25, 0.3) is 0 Å². The highest BCUT2D eigenvalue weighted by Crippen LogP contribution is 2.48.